The largest absolute Gasteiger partial charge is 0.507 e. The smallest absolute Gasteiger partial charge is 0.306 e. The average Bonchev–Trinajstić information content (AvgIpc) is 2.69. The number of benzene rings is 2. The van der Waals surface area contributed by atoms with E-state index in [0.717, 1.165) is 22.3 Å². The molecule has 0 fully saturated rings. The molecular formula is C27H36ClNO4. The monoisotopic (exact) mass is 473 g/mol. The van der Waals surface area contributed by atoms with Gasteiger partial charge in [-0.15, -0.1) is 0 Å². The molecule has 2 aromatic carbocycles. The van der Waals surface area contributed by atoms with E-state index in [1.54, 1.807) is 12.1 Å². The van der Waals surface area contributed by atoms with Crippen molar-refractivity contribution in [2.24, 2.45) is 0 Å². The summed E-state index contributed by atoms with van der Waals surface area (Å²) in [5.74, 6) is -0.499. The van der Waals surface area contributed by atoms with E-state index in [-0.39, 0.29) is 35.8 Å². The molecule has 1 atom stereocenters. The zero-order chi connectivity index (χ0) is 25.0. The van der Waals surface area contributed by atoms with E-state index in [4.69, 9.17) is 16.3 Å². The van der Waals surface area contributed by atoms with Crippen molar-refractivity contribution in [2.45, 2.75) is 78.2 Å². The molecule has 2 rings (SSSR count). The fourth-order valence-corrected chi connectivity index (χ4v) is 3.79. The molecule has 0 heterocycles. The summed E-state index contributed by atoms with van der Waals surface area (Å²) in [6.45, 7) is 13.8. The van der Waals surface area contributed by atoms with Crippen molar-refractivity contribution in [3.63, 3.8) is 0 Å². The molecule has 0 spiro atoms. The Morgan fingerprint density at radius 2 is 1.61 bits per heavy atom. The highest BCUT2D eigenvalue weighted by molar-refractivity contribution is 6.30. The molecule has 5 nitrogen and oxygen atoms in total. The van der Waals surface area contributed by atoms with E-state index < -0.39 is 5.97 Å². The molecule has 180 valence electrons. The third-order valence-electron chi connectivity index (χ3n) is 5.49. The minimum atomic E-state index is -0.441. The molecule has 0 aromatic heterocycles. The lowest BCUT2D eigenvalue weighted by Gasteiger charge is -2.28. The summed E-state index contributed by atoms with van der Waals surface area (Å²) in [5.41, 5.74) is 3.06. The second-order valence-corrected chi connectivity index (χ2v) is 11.0. The van der Waals surface area contributed by atoms with E-state index >= 15 is 0 Å². The molecule has 0 unspecified atom stereocenters. The summed E-state index contributed by atoms with van der Waals surface area (Å²) in [6.07, 6.45) is 0.612. The number of carbonyl (C=O) groups is 2. The van der Waals surface area contributed by atoms with E-state index in [1.165, 1.54) is 0 Å². The van der Waals surface area contributed by atoms with E-state index in [0.29, 0.717) is 17.2 Å². The Morgan fingerprint density at radius 3 is 2.12 bits per heavy atom. The first-order valence-corrected chi connectivity index (χ1v) is 11.6. The topological polar surface area (TPSA) is 75.6 Å². The van der Waals surface area contributed by atoms with Gasteiger partial charge in [0.2, 0.25) is 0 Å². The zero-order valence-electron chi connectivity index (χ0n) is 20.7. The first-order valence-electron chi connectivity index (χ1n) is 11.3. The molecule has 1 amide bonds. The van der Waals surface area contributed by atoms with Crippen molar-refractivity contribution in [3.8, 4) is 5.75 Å². The summed E-state index contributed by atoms with van der Waals surface area (Å²) < 4.78 is 5.18. The normalized spacial score (nSPS) is 12.8. The van der Waals surface area contributed by atoms with Crippen LogP contribution in [0.2, 0.25) is 5.02 Å². The maximum absolute atomic E-state index is 12.3. The van der Waals surface area contributed by atoms with Crippen molar-refractivity contribution in [3.05, 3.63) is 63.7 Å². The minimum absolute atomic E-state index is 0.148. The number of aryl methyl sites for hydroxylation is 1. The van der Waals surface area contributed by atoms with Crippen LogP contribution in [-0.4, -0.2) is 23.6 Å². The van der Waals surface area contributed by atoms with Crippen LogP contribution in [0.15, 0.2) is 36.4 Å². The van der Waals surface area contributed by atoms with Crippen LogP contribution in [0.3, 0.4) is 0 Å². The molecule has 0 radical (unpaired) electrons. The Bertz CT molecular complexity index is 967. The average molecular weight is 474 g/mol. The molecule has 33 heavy (non-hydrogen) atoms. The number of hydrogen-bond donors (Lipinski definition) is 2. The van der Waals surface area contributed by atoms with E-state index in [2.05, 4.69) is 46.9 Å². The molecule has 0 aliphatic rings. The van der Waals surface area contributed by atoms with Crippen LogP contribution in [0, 0.1) is 0 Å². The number of aromatic hydroxyl groups is 1. The van der Waals surface area contributed by atoms with Gasteiger partial charge in [-0.1, -0.05) is 77.4 Å². The van der Waals surface area contributed by atoms with Gasteiger partial charge < -0.3 is 15.2 Å². The van der Waals surface area contributed by atoms with Crippen LogP contribution in [-0.2, 0) is 31.6 Å². The highest BCUT2D eigenvalue weighted by Gasteiger charge is 2.26. The van der Waals surface area contributed by atoms with Gasteiger partial charge in [0.25, 0.3) is 5.91 Å². The van der Waals surface area contributed by atoms with Crippen LogP contribution >= 0.6 is 11.6 Å². The molecular weight excluding hydrogens is 438 g/mol. The molecule has 0 saturated carbocycles. The third-order valence-corrected chi connectivity index (χ3v) is 5.73. The van der Waals surface area contributed by atoms with Gasteiger partial charge >= 0.3 is 5.97 Å². The highest BCUT2D eigenvalue weighted by Crippen LogP contribution is 2.40. The van der Waals surface area contributed by atoms with Gasteiger partial charge in [-0.25, -0.2) is 0 Å². The Kier molecular flexibility index (Phi) is 8.58. The second kappa shape index (κ2) is 10.6. The van der Waals surface area contributed by atoms with Gasteiger partial charge in [0.05, 0.1) is 6.04 Å². The van der Waals surface area contributed by atoms with Gasteiger partial charge in [-0.05, 0) is 58.6 Å². The summed E-state index contributed by atoms with van der Waals surface area (Å²) in [6, 6.07) is 10.9. The quantitative estimate of drug-likeness (QED) is 0.484. The Labute approximate surface area is 202 Å². The number of ether oxygens (including phenoxy) is 1. The van der Waals surface area contributed by atoms with Gasteiger partial charge in [0.15, 0.2) is 6.61 Å². The predicted octanol–water partition coefficient (Wildman–Crippen LogP) is 5.99. The standard InChI is InChI=1S/C27H36ClNO4/c1-17(19-9-8-10-20(28)15-19)29-23(30)16-33-24(31)12-11-18-13-21(26(2,3)4)25(32)22(14-18)27(5,6)7/h8-10,13-15,17,32H,11-12,16H2,1-7H3,(H,29,30)/t17-/m0/s1. The molecule has 0 aliphatic heterocycles. The summed E-state index contributed by atoms with van der Waals surface area (Å²) in [4.78, 5) is 24.5. The van der Waals surface area contributed by atoms with Crippen molar-refractivity contribution >= 4 is 23.5 Å². The molecule has 0 aliphatic carbocycles. The van der Waals surface area contributed by atoms with Crippen LogP contribution in [0.5, 0.6) is 5.75 Å². The Morgan fingerprint density at radius 1 is 1.03 bits per heavy atom. The maximum atomic E-state index is 12.3. The molecule has 0 bridgehead atoms. The molecule has 2 aromatic rings. The van der Waals surface area contributed by atoms with Crippen LogP contribution in [0.25, 0.3) is 0 Å². The number of carbonyl (C=O) groups excluding carboxylic acids is 2. The number of hydrogen-bond acceptors (Lipinski definition) is 4. The number of esters is 1. The highest BCUT2D eigenvalue weighted by atomic mass is 35.5. The van der Waals surface area contributed by atoms with Gasteiger partial charge in [-0.3, -0.25) is 9.59 Å². The van der Waals surface area contributed by atoms with Crippen molar-refractivity contribution in [1.82, 2.24) is 5.32 Å². The molecule has 6 heteroatoms. The first kappa shape index (κ1) is 26.7. The van der Waals surface area contributed by atoms with E-state index in [1.807, 2.05) is 31.2 Å². The van der Waals surface area contributed by atoms with Crippen LogP contribution in [0.1, 0.15) is 83.2 Å². The minimum Gasteiger partial charge on any atom is -0.507 e. The summed E-state index contributed by atoms with van der Waals surface area (Å²) in [7, 11) is 0. The van der Waals surface area contributed by atoms with E-state index in [9.17, 15) is 14.7 Å². The summed E-state index contributed by atoms with van der Waals surface area (Å²) >= 11 is 6.00. The SMILES string of the molecule is C[C@H](NC(=O)COC(=O)CCc1cc(C(C)(C)C)c(O)c(C(C)(C)C)c1)c1cccc(Cl)c1. The molecule has 2 N–H and O–H groups in total. The number of phenols is 1. The molecule has 0 saturated heterocycles. The lowest BCUT2D eigenvalue weighted by atomic mass is 9.78. The van der Waals surface area contributed by atoms with Crippen molar-refractivity contribution in [2.75, 3.05) is 6.61 Å². The van der Waals surface area contributed by atoms with Gasteiger partial charge in [-0.2, -0.15) is 0 Å². The van der Waals surface area contributed by atoms with Crippen LogP contribution in [0.4, 0.5) is 0 Å². The number of nitrogens with one attached hydrogen (secondary N) is 1. The van der Waals surface area contributed by atoms with Gasteiger partial charge in [0, 0.05) is 11.4 Å². The fraction of sp³-hybridized carbons (Fsp3) is 0.481. The number of rotatable bonds is 7. The maximum Gasteiger partial charge on any atom is 0.306 e. The Hall–Kier alpha value is -2.53. The fourth-order valence-electron chi connectivity index (χ4n) is 3.59. The first-order chi connectivity index (χ1) is 15.2. The third kappa shape index (κ3) is 7.78. The van der Waals surface area contributed by atoms with Crippen LogP contribution < -0.4 is 5.32 Å². The number of halogens is 1. The second-order valence-electron chi connectivity index (χ2n) is 10.5. The lowest BCUT2D eigenvalue weighted by Crippen LogP contribution is -2.31. The van der Waals surface area contributed by atoms with Crippen molar-refractivity contribution in [1.29, 1.82) is 0 Å². The number of phenolic OH excluding ortho intramolecular Hbond substituents is 1. The lowest BCUT2D eigenvalue weighted by molar-refractivity contribution is -0.148. The number of amides is 1. The Balaban J connectivity index is 1.97. The zero-order valence-corrected chi connectivity index (χ0v) is 21.5. The van der Waals surface area contributed by atoms with Crippen molar-refractivity contribution < 1.29 is 19.4 Å². The summed E-state index contributed by atoms with van der Waals surface area (Å²) in [5, 5.41) is 14.2. The predicted molar refractivity (Wildman–Crippen MR) is 133 cm³/mol. The van der Waals surface area contributed by atoms with Gasteiger partial charge in [0.1, 0.15) is 5.75 Å².